The van der Waals surface area contributed by atoms with Crippen LogP contribution in [-0.4, -0.2) is 27.3 Å². The van der Waals surface area contributed by atoms with Gasteiger partial charge in [0.15, 0.2) is 11.7 Å². The molecule has 3 atom stereocenters. The number of carbonyl (C=O) groups is 1. The third-order valence-electron chi connectivity index (χ3n) is 8.25. The number of nitrogens with zero attached hydrogens (tertiary/aromatic N) is 4. The van der Waals surface area contributed by atoms with Crippen LogP contribution in [0.3, 0.4) is 0 Å². The third-order valence-corrected chi connectivity index (χ3v) is 8.25. The van der Waals surface area contributed by atoms with Crippen LogP contribution >= 0.6 is 0 Å². The molecule has 1 aliphatic carbocycles. The highest BCUT2D eigenvalue weighted by Crippen LogP contribution is 2.50. The average molecular weight is 532 g/mol. The van der Waals surface area contributed by atoms with Gasteiger partial charge in [0.25, 0.3) is 0 Å². The molecule has 7 nitrogen and oxygen atoms in total. The summed E-state index contributed by atoms with van der Waals surface area (Å²) in [4.78, 5) is 18.5. The van der Waals surface area contributed by atoms with E-state index in [1.165, 1.54) is 5.56 Å². The van der Waals surface area contributed by atoms with E-state index in [1.807, 2.05) is 36.4 Å². The molecule has 7 heteroatoms. The summed E-state index contributed by atoms with van der Waals surface area (Å²) in [5, 5.41) is 26.8. The molecule has 0 amide bonds. The largest absolute Gasteiger partial charge is 0.461 e. The number of nitrogens with one attached hydrogen (secondary N) is 1. The molecule has 0 radical (unpaired) electrons. The molecule has 210 valence electrons. The summed E-state index contributed by atoms with van der Waals surface area (Å²) in [6.45, 7) is 21.8. The summed E-state index contributed by atoms with van der Waals surface area (Å²) >= 11 is 0. The molecule has 1 aromatic heterocycles. The van der Waals surface area contributed by atoms with Gasteiger partial charge in [0.2, 0.25) is 0 Å². The highest BCUT2D eigenvalue weighted by Gasteiger charge is 2.49. The van der Waals surface area contributed by atoms with Crippen molar-refractivity contribution in [3.63, 3.8) is 0 Å². The van der Waals surface area contributed by atoms with Gasteiger partial charge in [-0.3, -0.25) is 9.89 Å². The lowest BCUT2D eigenvalue weighted by atomic mass is 9.59. The maximum Gasteiger partial charge on any atom is 0.319 e. The molecular formula is C32H45N5O2. The number of benzene rings is 1. The van der Waals surface area contributed by atoms with Gasteiger partial charge in [0.1, 0.15) is 17.8 Å². The van der Waals surface area contributed by atoms with Crippen molar-refractivity contribution >= 4 is 5.97 Å². The van der Waals surface area contributed by atoms with Crippen molar-refractivity contribution in [1.29, 1.82) is 10.5 Å². The lowest BCUT2D eigenvalue weighted by Crippen LogP contribution is -2.50. The van der Waals surface area contributed by atoms with Gasteiger partial charge >= 0.3 is 5.97 Å². The monoisotopic (exact) mass is 531 g/mol. The molecule has 0 aliphatic heterocycles. The number of carbonyl (C=O) groups excluding carboxylic acids is 1. The SMILES string of the molecule is CC1CC(C(C)(C)C)C(OC(=O)C(c2nc(-c3ccc(C(C)(C)C)cc3)n[nH]2)C(C#N)C#N)C(C(C)(C)C)C1. The fourth-order valence-corrected chi connectivity index (χ4v) is 5.82. The van der Waals surface area contributed by atoms with Crippen LogP contribution < -0.4 is 0 Å². The number of hydrogen-bond acceptors (Lipinski definition) is 6. The summed E-state index contributed by atoms with van der Waals surface area (Å²) in [5.74, 6) is -1.67. The van der Waals surface area contributed by atoms with Crippen LogP contribution in [-0.2, 0) is 14.9 Å². The van der Waals surface area contributed by atoms with Crippen molar-refractivity contribution in [1.82, 2.24) is 15.2 Å². The van der Waals surface area contributed by atoms with Crippen molar-refractivity contribution < 1.29 is 9.53 Å². The second kappa shape index (κ2) is 11.1. The Morgan fingerprint density at radius 3 is 1.90 bits per heavy atom. The number of H-pyrrole nitrogens is 1. The molecule has 1 heterocycles. The van der Waals surface area contributed by atoms with Gasteiger partial charge < -0.3 is 4.74 Å². The van der Waals surface area contributed by atoms with E-state index in [9.17, 15) is 15.3 Å². The summed E-state index contributed by atoms with van der Waals surface area (Å²) in [5.41, 5.74) is 1.81. The van der Waals surface area contributed by atoms with Crippen molar-refractivity contribution in [3.8, 4) is 23.5 Å². The summed E-state index contributed by atoms with van der Waals surface area (Å²) < 4.78 is 6.36. The van der Waals surface area contributed by atoms with Gasteiger partial charge in [-0.2, -0.15) is 15.6 Å². The minimum Gasteiger partial charge on any atom is -0.461 e. The first-order chi connectivity index (χ1) is 18.0. The number of nitriles is 2. The molecule has 3 rings (SSSR count). The van der Waals surface area contributed by atoms with Crippen LogP contribution in [0.1, 0.15) is 99.4 Å². The molecule has 1 saturated carbocycles. The predicted molar refractivity (Wildman–Crippen MR) is 152 cm³/mol. The molecule has 1 aromatic carbocycles. The number of ether oxygens (including phenoxy) is 1. The van der Waals surface area contributed by atoms with E-state index >= 15 is 0 Å². The zero-order valence-corrected chi connectivity index (χ0v) is 25.3. The van der Waals surface area contributed by atoms with Crippen molar-refractivity contribution in [2.24, 2.45) is 34.5 Å². The topological polar surface area (TPSA) is 115 Å². The van der Waals surface area contributed by atoms with Crippen molar-refractivity contribution in [2.45, 2.75) is 99.5 Å². The summed E-state index contributed by atoms with van der Waals surface area (Å²) in [6.07, 6.45) is 1.58. The predicted octanol–water partition coefficient (Wildman–Crippen LogP) is 7.18. The average Bonchev–Trinajstić information content (AvgIpc) is 3.31. The zero-order valence-electron chi connectivity index (χ0n) is 25.3. The number of aromatic nitrogens is 3. The number of rotatable bonds is 5. The molecule has 0 spiro atoms. The fraction of sp³-hybridized carbons (Fsp3) is 0.656. The van der Waals surface area contributed by atoms with E-state index in [1.54, 1.807) is 0 Å². The molecule has 1 fully saturated rings. The fourth-order valence-electron chi connectivity index (χ4n) is 5.82. The first-order valence-corrected chi connectivity index (χ1v) is 14.0. The Bertz CT molecular complexity index is 1190. The molecule has 1 aliphatic rings. The smallest absolute Gasteiger partial charge is 0.319 e. The minimum atomic E-state index is -1.26. The Labute approximate surface area is 234 Å². The van der Waals surface area contributed by atoms with E-state index in [0.717, 1.165) is 18.4 Å². The maximum atomic E-state index is 13.9. The second-order valence-electron chi connectivity index (χ2n) is 14.5. The standard InChI is InChI=1S/C32H45N5O2/c1-19-15-23(31(5,6)7)26(24(16-19)32(8,9)10)39-29(38)25(21(17-33)18-34)28-35-27(36-37-28)20-11-13-22(14-12-20)30(2,3)4/h11-14,19,21,23-26H,15-16H2,1-10H3,(H,35,36,37). The van der Waals surface area contributed by atoms with Crippen molar-refractivity contribution in [2.75, 3.05) is 0 Å². The third kappa shape index (κ3) is 6.88. The molecule has 0 saturated heterocycles. The number of esters is 1. The van der Waals surface area contributed by atoms with Crippen LogP contribution in [0.15, 0.2) is 24.3 Å². The Kier molecular flexibility index (Phi) is 8.66. The summed E-state index contributed by atoms with van der Waals surface area (Å²) in [6, 6.07) is 11.9. The second-order valence-corrected chi connectivity index (χ2v) is 14.5. The Morgan fingerprint density at radius 1 is 0.949 bits per heavy atom. The van der Waals surface area contributed by atoms with Gasteiger partial charge in [-0.15, -0.1) is 0 Å². The van der Waals surface area contributed by atoms with Gasteiger partial charge in [-0.1, -0.05) is 93.5 Å². The first-order valence-electron chi connectivity index (χ1n) is 14.0. The van der Waals surface area contributed by atoms with E-state index in [4.69, 9.17) is 4.74 Å². The van der Waals surface area contributed by atoms with Gasteiger partial charge in [0.05, 0.1) is 12.1 Å². The van der Waals surface area contributed by atoms with Crippen LogP contribution in [0, 0.1) is 57.2 Å². The minimum absolute atomic E-state index is 0.0110. The van der Waals surface area contributed by atoms with E-state index in [2.05, 4.69) is 84.4 Å². The molecule has 3 unspecified atom stereocenters. The molecule has 0 bridgehead atoms. The van der Waals surface area contributed by atoms with E-state index in [-0.39, 0.29) is 40.0 Å². The normalized spacial score (nSPS) is 23.1. The summed E-state index contributed by atoms with van der Waals surface area (Å²) in [7, 11) is 0. The molecule has 2 aromatic rings. The Hall–Kier alpha value is -3.19. The number of aromatic amines is 1. The van der Waals surface area contributed by atoms with E-state index in [0.29, 0.717) is 11.7 Å². The zero-order chi connectivity index (χ0) is 29.3. The first kappa shape index (κ1) is 30.4. The van der Waals surface area contributed by atoms with Crippen LogP contribution in [0.5, 0.6) is 0 Å². The van der Waals surface area contributed by atoms with Crippen LogP contribution in [0.25, 0.3) is 11.4 Å². The van der Waals surface area contributed by atoms with E-state index < -0.39 is 17.8 Å². The quantitative estimate of drug-likeness (QED) is 0.408. The number of hydrogen-bond donors (Lipinski definition) is 1. The molecular weight excluding hydrogens is 486 g/mol. The molecule has 1 N–H and O–H groups in total. The lowest BCUT2D eigenvalue weighted by molar-refractivity contribution is -0.172. The highest BCUT2D eigenvalue weighted by molar-refractivity contribution is 5.79. The lowest BCUT2D eigenvalue weighted by Gasteiger charge is -2.50. The van der Waals surface area contributed by atoms with Crippen LogP contribution in [0.4, 0.5) is 0 Å². The Balaban J connectivity index is 1.98. The Morgan fingerprint density at radius 2 is 1.46 bits per heavy atom. The maximum absolute atomic E-state index is 13.9. The highest BCUT2D eigenvalue weighted by atomic mass is 16.5. The van der Waals surface area contributed by atoms with Gasteiger partial charge in [-0.25, -0.2) is 4.98 Å². The van der Waals surface area contributed by atoms with Gasteiger partial charge in [0, 0.05) is 17.4 Å². The van der Waals surface area contributed by atoms with Crippen LogP contribution in [0.2, 0.25) is 0 Å². The van der Waals surface area contributed by atoms with Gasteiger partial charge in [-0.05, 0) is 40.6 Å². The molecule has 39 heavy (non-hydrogen) atoms. The van der Waals surface area contributed by atoms with Crippen molar-refractivity contribution in [3.05, 3.63) is 35.7 Å².